The van der Waals surface area contributed by atoms with Crippen LogP contribution in [0.4, 0.5) is 0 Å². The van der Waals surface area contributed by atoms with Crippen molar-refractivity contribution in [1.82, 2.24) is 9.97 Å². The zero-order valence-corrected chi connectivity index (χ0v) is 15.3. The molecule has 0 saturated carbocycles. The quantitative estimate of drug-likeness (QED) is 0.290. The molecule has 0 N–H and O–H groups in total. The summed E-state index contributed by atoms with van der Waals surface area (Å²) in [7, 11) is 0. The van der Waals surface area contributed by atoms with Gasteiger partial charge in [0.1, 0.15) is 16.9 Å². The molecule has 0 bridgehead atoms. The first-order valence-electron chi connectivity index (χ1n) is 7.82. The fraction of sp³-hybridized carbons (Fsp3) is 0.222. The number of fused-ring (bicyclic) bond motifs is 1. The number of aryl methyl sites for hydroxylation is 1. The van der Waals surface area contributed by atoms with Crippen LogP contribution in [0.5, 0.6) is 11.6 Å². The Balaban J connectivity index is 2.03. The zero-order chi connectivity index (χ0) is 18.7. The van der Waals surface area contributed by atoms with Crippen LogP contribution in [-0.2, 0) is 4.74 Å². The number of carbonyl (C=O) groups is 1. The summed E-state index contributed by atoms with van der Waals surface area (Å²) < 4.78 is 16.0. The van der Waals surface area contributed by atoms with Crippen LogP contribution in [0.15, 0.2) is 44.8 Å². The average molecular weight is 372 g/mol. The van der Waals surface area contributed by atoms with Gasteiger partial charge in [0.2, 0.25) is 5.88 Å². The van der Waals surface area contributed by atoms with Gasteiger partial charge in [0.05, 0.1) is 6.61 Å². The van der Waals surface area contributed by atoms with Crippen molar-refractivity contribution in [3.05, 3.63) is 52.0 Å². The largest absolute Gasteiger partial charge is 0.462 e. The first-order valence-corrected chi connectivity index (χ1v) is 9.04. The van der Waals surface area contributed by atoms with Crippen molar-refractivity contribution in [3.8, 4) is 11.6 Å². The second-order valence-electron chi connectivity index (χ2n) is 5.30. The maximum absolute atomic E-state index is 12.1. The third-order valence-corrected chi connectivity index (χ3v) is 4.11. The van der Waals surface area contributed by atoms with Crippen LogP contribution in [0.1, 0.15) is 22.8 Å². The molecule has 3 aromatic rings. The van der Waals surface area contributed by atoms with Gasteiger partial charge in [0, 0.05) is 23.7 Å². The molecule has 7 nitrogen and oxygen atoms in total. The Morgan fingerprint density at radius 3 is 2.85 bits per heavy atom. The maximum atomic E-state index is 12.1. The monoisotopic (exact) mass is 372 g/mol. The van der Waals surface area contributed by atoms with Crippen molar-refractivity contribution in [2.75, 3.05) is 12.9 Å². The normalized spacial score (nSPS) is 10.7. The van der Waals surface area contributed by atoms with Crippen LogP contribution in [-0.4, -0.2) is 28.8 Å². The van der Waals surface area contributed by atoms with Crippen molar-refractivity contribution in [2.24, 2.45) is 0 Å². The summed E-state index contributed by atoms with van der Waals surface area (Å²) >= 11 is 1.32. The number of esters is 1. The third kappa shape index (κ3) is 3.70. The van der Waals surface area contributed by atoms with Crippen molar-refractivity contribution >= 4 is 28.7 Å². The summed E-state index contributed by atoms with van der Waals surface area (Å²) in [5.41, 5.74) is 0.882. The van der Waals surface area contributed by atoms with Gasteiger partial charge in [-0.2, -0.15) is 4.98 Å². The summed E-state index contributed by atoms with van der Waals surface area (Å²) in [6.45, 7) is 3.76. The molecule has 0 radical (unpaired) electrons. The molecule has 1 aromatic carbocycles. The Morgan fingerprint density at radius 1 is 1.31 bits per heavy atom. The molecule has 3 rings (SSSR count). The molecule has 134 valence electrons. The lowest BCUT2D eigenvalue weighted by Gasteiger charge is -2.10. The van der Waals surface area contributed by atoms with E-state index in [2.05, 4.69) is 9.97 Å². The predicted molar refractivity (Wildman–Crippen MR) is 97.1 cm³/mol. The van der Waals surface area contributed by atoms with Gasteiger partial charge in [-0.1, -0.05) is 11.8 Å². The maximum Gasteiger partial charge on any atom is 0.345 e. The van der Waals surface area contributed by atoms with E-state index in [4.69, 9.17) is 13.9 Å². The SMILES string of the molecule is CCOC(=O)c1cnc(SC)nc1Oc1ccc2c(C)cc(=O)oc2c1. The van der Waals surface area contributed by atoms with Crippen LogP contribution >= 0.6 is 11.8 Å². The van der Waals surface area contributed by atoms with Crippen LogP contribution in [0.25, 0.3) is 11.0 Å². The number of aromatic nitrogens is 2. The number of hydrogen-bond acceptors (Lipinski definition) is 8. The lowest BCUT2D eigenvalue weighted by atomic mass is 10.1. The summed E-state index contributed by atoms with van der Waals surface area (Å²) in [5, 5.41) is 1.26. The number of thioether (sulfide) groups is 1. The van der Waals surface area contributed by atoms with E-state index in [1.807, 2.05) is 13.2 Å². The van der Waals surface area contributed by atoms with Crippen molar-refractivity contribution in [3.63, 3.8) is 0 Å². The Labute approximate surface area is 153 Å². The Kier molecular flexibility index (Phi) is 5.22. The summed E-state index contributed by atoms with van der Waals surface area (Å²) in [6, 6.07) is 6.51. The molecular formula is C18H16N2O5S. The van der Waals surface area contributed by atoms with E-state index in [9.17, 15) is 9.59 Å². The van der Waals surface area contributed by atoms with Gasteiger partial charge in [-0.3, -0.25) is 0 Å². The smallest absolute Gasteiger partial charge is 0.345 e. The highest BCUT2D eigenvalue weighted by Crippen LogP contribution is 2.28. The van der Waals surface area contributed by atoms with E-state index in [1.54, 1.807) is 25.1 Å². The van der Waals surface area contributed by atoms with Crippen LogP contribution in [0.2, 0.25) is 0 Å². The van der Waals surface area contributed by atoms with Gasteiger partial charge >= 0.3 is 11.6 Å². The fourth-order valence-electron chi connectivity index (χ4n) is 2.36. The minimum atomic E-state index is -0.571. The lowest BCUT2D eigenvalue weighted by molar-refractivity contribution is 0.0522. The third-order valence-electron chi connectivity index (χ3n) is 3.55. The molecule has 26 heavy (non-hydrogen) atoms. The van der Waals surface area contributed by atoms with Gasteiger partial charge in [0.25, 0.3) is 0 Å². The second kappa shape index (κ2) is 7.57. The number of ether oxygens (including phenoxy) is 2. The fourth-order valence-corrected chi connectivity index (χ4v) is 2.69. The first kappa shape index (κ1) is 17.9. The molecule has 0 amide bonds. The molecule has 0 aliphatic carbocycles. The average Bonchev–Trinajstić information content (AvgIpc) is 2.61. The molecule has 0 aliphatic rings. The van der Waals surface area contributed by atoms with E-state index in [-0.39, 0.29) is 18.1 Å². The summed E-state index contributed by atoms with van der Waals surface area (Å²) in [4.78, 5) is 32.0. The molecule has 2 aromatic heterocycles. The number of carbonyl (C=O) groups excluding carboxylic acids is 1. The van der Waals surface area contributed by atoms with Gasteiger partial charge in [-0.25, -0.2) is 14.6 Å². The minimum absolute atomic E-state index is 0.0807. The predicted octanol–water partition coefficient (Wildman–Crippen LogP) is 3.58. The molecule has 0 spiro atoms. The summed E-state index contributed by atoms with van der Waals surface area (Å²) in [5.74, 6) is -0.113. The number of nitrogens with zero attached hydrogens (tertiary/aromatic N) is 2. The van der Waals surface area contributed by atoms with E-state index in [0.717, 1.165) is 10.9 Å². The number of rotatable bonds is 5. The first-order chi connectivity index (χ1) is 12.5. The van der Waals surface area contributed by atoms with Crippen molar-refractivity contribution in [1.29, 1.82) is 0 Å². The highest BCUT2D eigenvalue weighted by Gasteiger charge is 2.18. The molecular weight excluding hydrogens is 356 g/mol. The minimum Gasteiger partial charge on any atom is -0.462 e. The second-order valence-corrected chi connectivity index (χ2v) is 6.08. The Hall–Kier alpha value is -2.87. The standard InChI is InChI=1S/C18H16N2O5S/c1-4-23-17(22)13-9-19-18(26-3)20-16(13)24-11-5-6-12-10(2)7-15(21)25-14(12)8-11/h5-9H,4H2,1-3H3. The Bertz CT molecular complexity index is 1030. The Morgan fingerprint density at radius 2 is 2.12 bits per heavy atom. The number of benzene rings is 1. The van der Waals surface area contributed by atoms with Gasteiger partial charge in [-0.15, -0.1) is 0 Å². The topological polar surface area (TPSA) is 91.5 Å². The van der Waals surface area contributed by atoms with Crippen molar-refractivity contribution < 1.29 is 18.7 Å². The zero-order valence-electron chi connectivity index (χ0n) is 14.4. The number of hydrogen-bond donors (Lipinski definition) is 0. The highest BCUT2D eigenvalue weighted by atomic mass is 32.2. The van der Waals surface area contributed by atoms with Gasteiger partial charge < -0.3 is 13.9 Å². The van der Waals surface area contributed by atoms with E-state index in [1.165, 1.54) is 24.0 Å². The van der Waals surface area contributed by atoms with E-state index in [0.29, 0.717) is 16.5 Å². The molecule has 0 saturated heterocycles. The van der Waals surface area contributed by atoms with Crippen LogP contribution < -0.4 is 10.4 Å². The molecule has 8 heteroatoms. The van der Waals surface area contributed by atoms with Crippen molar-refractivity contribution in [2.45, 2.75) is 19.0 Å². The molecule has 0 aliphatic heterocycles. The van der Waals surface area contributed by atoms with E-state index >= 15 is 0 Å². The van der Waals surface area contributed by atoms with Gasteiger partial charge in [0.15, 0.2) is 5.16 Å². The van der Waals surface area contributed by atoms with Gasteiger partial charge in [-0.05, 0) is 37.8 Å². The highest BCUT2D eigenvalue weighted by molar-refractivity contribution is 7.98. The van der Waals surface area contributed by atoms with Crippen LogP contribution in [0, 0.1) is 6.92 Å². The molecule has 0 fully saturated rings. The van der Waals surface area contributed by atoms with E-state index < -0.39 is 11.6 Å². The molecule has 2 heterocycles. The summed E-state index contributed by atoms with van der Waals surface area (Å²) in [6.07, 6.45) is 3.19. The van der Waals surface area contributed by atoms with Crippen LogP contribution in [0.3, 0.4) is 0 Å². The molecule has 0 atom stereocenters. The lowest BCUT2D eigenvalue weighted by Crippen LogP contribution is -2.09. The molecule has 0 unspecified atom stereocenters.